The second-order valence-electron chi connectivity index (χ2n) is 2.15. The lowest BCUT2D eigenvalue weighted by Gasteiger charge is -2.02. The van der Waals surface area contributed by atoms with Gasteiger partial charge in [-0.2, -0.15) is 0 Å². The fraction of sp³-hybridized carbons (Fsp3) is 0.667. The first-order valence-electron chi connectivity index (χ1n) is 3.48. The quantitative estimate of drug-likeness (QED) is 0.423. The molecule has 0 aromatic rings. The molecule has 0 aromatic carbocycles. The molecule has 0 aromatic heterocycles. The minimum absolute atomic E-state index is 0.292. The molecule has 1 aliphatic heterocycles. The van der Waals surface area contributed by atoms with E-state index >= 15 is 0 Å². The van der Waals surface area contributed by atoms with Crippen molar-refractivity contribution in [2.75, 3.05) is 0 Å². The summed E-state index contributed by atoms with van der Waals surface area (Å²) >= 11 is 4.14. The van der Waals surface area contributed by atoms with Crippen LogP contribution in [0.2, 0.25) is 0 Å². The Hall–Kier alpha value is -0.190. The molecule has 13 heavy (non-hydrogen) atoms. The summed E-state index contributed by atoms with van der Waals surface area (Å²) in [6.45, 7) is 0. The SMILES string of the molecule is O=C=NSC1CCC(SN=C=O)S1. The molecule has 1 fully saturated rings. The van der Waals surface area contributed by atoms with E-state index < -0.39 is 0 Å². The zero-order valence-corrected chi connectivity index (χ0v) is 8.95. The highest BCUT2D eigenvalue weighted by Gasteiger charge is 2.26. The van der Waals surface area contributed by atoms with E-state index in [1.807, 2.05) is 0 Å². The second-order valence-corrected chi connectivity index (χ2v) is 6.08. The monoisotopic (exact) mass is 234 g/mol. The highest BCUT2D eigenvalue weighted by Crippen LogP contribution is 2.45. The molecule has 0 aliphatic carbocycles. The van der Waals surface area contributed by atoms with Gasteiger partial charge in [-0.1, -0.05) is 0 Å². The molecule has 0 radical (unpaired) electrons. The Labute approximate surface area is 88.3 Å². The first-order chi connectivity index (χ1) is 6.36. The van der Waals surface area contributed by atoms with Gasteiger partial charge in [0.1, 0.15) is 0 Å². The minimum atomic E-state index is 0.292. The van der Waals surface area contributed by atoms with Crippen molar-refractivity contribution in [3.63, 3.8) is 0 Å². The molecule has 1 rings (SSSR count). The molecule has 0 spiro atoms. The summed E-state index contributed by atoms with van der Waals surface area (Å²) in [5.41, 5.74) is 0. The van der Waals surface area contributed by atoms with Crippen LogP contribution in [0.3, 0.4) is 0 Å². The molecule has 0 amide bonds. The number of hydrogen-bond donors (Lipinski definition) is 0. The van der Waals surface area contributed by atoms with Crippen molar-refractivity contribution in [3.8, 4) is 0 Å². The van der Waals surface area contributed by atoms with E-state index in [-0.39, 0.29) is 0 Å². The fourth-order valence-corrected chi connectivity index (χ4v) is 4.25. The van der Waals surface area contributed by atoms with Gasteiger partial charge in [0.2, 0.25) is 12.2 Å². The van der Waals surface area contributed by atoms with Crippen molar-refractivity contribution in [1.82, 2.24) is 0 Å². The molecule has 0 bridgehead atoms. The van der Waals surface area contributed by atoms with Crippen LogP contribution in [0, 0.1) is 0 Å². The molecule has 1 aliphatic rings. The van der Waals surface area contributed by atoms with Crippen LogP contribution in [-0.4, -0.2) is 21.3 Å². The molecule has 0 saturated carbocycles. The maximum absolute atomic E-state index is 9.82. The summed E-state index contributed by atoms with van der Waals surface area (Å²) in [6.07, 6.45) is 4.93. The van der Waals surface area contributed by atoms with Crippen molar-refractivity contribution in [1.29, 1.82) is 0 Å². The lowest BCUT2D eigenvalue weighted by Crippen LogP contribution is -1.86. The molecular formula is C6H6N2O2S3. The second kappa shape index (κ2) is 6.29. The highest BCUT2D eigenvalue weighted by molar-refractivity contribution is 8.23. The lowest BCUT2D eigenvalue weighted by atomic mass is 10.4. The van der Waals surface area contributed by atoms with Gasteiger partial charge in [-0.25, -0.2) is 9.59 Å². The molecule has 1 saturated heterocycles. The normalized spacial score (nSPS) is 26.2. The number of rotatable bonds is 4. The Bertz CT molecular complexity index is 235. The van der Waals surface area contributed by atoms with Crippen LogP contribution in [0.5, 0.6) is 0 Å². The van der Waals surface area contributed by atoms with Gasteiger partial charge in [0.05, 0.1) is 9.16 Å². The lowest BCUT2D eigenvalue weighted by molar-refractivity contribution is 0.565. The number of hydrogen-bond acceptors (Lipinski definition) is 7. The largest absolute Gasteiger partial charge is 0.247 e. The molecule has 0 N–H and O–H groups in total. The predicted octanol–water partition coefficient (Wildman–Crippen LogP) is 2.13. The van der Waals surface area contributed by atoms with E-state index in [2.05, 4.69) is 8.80 Å². The standard InChI is InChI=1S/C6H6N2O2S3/c9-3-7-12-5-1-2-6(11-5)13-8-4-10/h5-6H,1-2H2. The number of thioether (sulfide) groups is 1. The maximum Gasteiger partial charge on any atom is 0.247 e. The molecule has 2 atom stereocenters. The zero-order valence-electron chi connectivity index (χ0n) is 6.50. The number of carbonyl (C=O) groups excluding carboxylic acids is 2. The minimum Gasteiger partial charge on any atom is -0.210 e. The summed E-state index contributed by atoms with van der Waals surface area (Å²) in [5.74, 6) is 0. The summed E-state index contributed by atoms with van der Waals surface area (Å²) < 4.78 is 7.47. The molecule has 7 heteroatoms. The molecule has 2 unspecified atom stereocenters. The van der Waals surface area contributed by atoms with Crippen LogP contribution < -0.4 is 0 Å². The van der Waals surface area contributed by atoms with Gasteiger partial charge in [0.25, 0.3) is 0 Å². The van der Waals surface area contributed by atoms with E-state index in [1.54, 1.807) is 11.8 Å². The van der Waals surface area contributed by atoms with Gasteiger partial charge in [-0.05, 0) is 12.8 Å². The fourth-order valence-electron chi connectivity index (χ4n) is 0.893. The molecule has 70 valence electrons. The van der Waals surface area contributed by atoms with Gasteiger partial charge >= 0.3 is 0 Å². The Balaban J connectivity index is 2.27. The average Bonchev–Trinajstić information content (AvgIpc) is 2.59. The van der Waals surface area contributed by atoms with Crippen molar-refractivity contribution >= 4 is 47.8 Å². The molecular weight excluding hydrogens is 228 g/mol. The third kappa shape index (κ3) is 4.02. The average molecular weight is 234 g/mol. The van der Waals surface area contributed by atoms with E-state index in [0.717, 1.165) is 12.8 Å². The van der Waals surface area contributed by atoms with E-state index in [0.29, 0.717) is 9.16 Å². The van der Waals surface area contributed by atoms with Crippen molar-refractivity contribution in [3.05, 3.63) is 0 Å². The third-order valence-electron chi connectivity index (χ3n) is 1.36. The Morgan fingerprint density at radius 3 is 1.92 bits per heavy atom. The van der Waals surface area contributed by atoms with Crippen molar-refractivity contribution in [2.24, 2.45) is 8.80 Å². The van der Waals surface area contributed by atoms with Crippen LogP contribution in [-0.2, 0) is 9.59 Å². The van der Waals surface area contributed by atoms with Crippen LogP contribution in [0.15, 0.2) is 8.80 Å². The van der Waals surface area contributed by atoms with Gasteiger partial charge in [0.15, 0.2) is 0 Å². The van der Waals surface area contributed by atoms with Gasteiger partial charge < -0.3 is 0 Å². The van der Waals surface area contributed by atoms with E-state index in [1.165, 1.54) is 36.1 Å². The summed E-state index contributed by atoms with van der Waals surface area (Å²) in [4.78, 5) is 19.6. The maximum atomic E-state index is 9.82. The van der Waals surface area contributed by atoms with Crippen molar-refractivity contribution < 1.29 is 9.59 Å². The van der Waals surface area contributed by atoms with Gasteiger partial charge in [-0.3, -0.25) is 0 Å². The smallest absolute Gasteiger partial charge is 0.210 e. The molecule has 4 nitrogen and oxygen atoms in total. The first kappa shape index (κ1) is 10.9. The van der Waals surface area contributed by atoms with E-state index in [4.69, 9.17) is 0 Å². The van der Waals surface area contributed by atoms with Gasteiger partial charge in [0, 0.05) is 23.9 Å². The highest BCUT2D eigenvalue weighted by atomic mass is 32.2. The Morgan fingerprint density at radius 1 is 1.08 bits per heavy atom. The Morgan fingerprint density at radius 2 is 1.54 bits per heavy atom. The predicted molar refractivity (Wildman–Crippen MR) is 55.8 cm³/mol. The first-order valence-corrected chi connectivity index (χ1v) is 6.10. The number of nitrogens with zero attached hydrogens (tertiary/aromatic N) is 2. The van der Waals surface area contributed by atoms with Crippen LogP contribution in [0.1, 0.15) is 12.8 Å². The topological polar surface area (TPSA) is 58.9 Å². The molecule has 1 heterocycles. The summed E-state index contributed by atoms with van der Waals surface area (Å²) in [5, 5.41) is 0. The summed E-state index contributed by atoms with van der Waals surface area (Å²) in [6, 6.07) is 0. The van der Waals surface area contributed by atoms with Crippen molar-refractivity contribution in [2.45, 2.75) is 22.0 Å². The van der Waals surface area contributed by atoms with Crippen LogP contribution in [0.4, 0.5) is 0 Å². The Kier molecular flexibility index (Phi) is 5.27. The van der Waals surface area contributed by atoms with Crippen LogP contribution >= 0.6 is 35.7 Å². The summed E-state index contributed by atoms with van der Waals surface area (Å²) in [7, 11) is 0. The zero-order chi connectivity index (χ0) is 9.52. The van der Waals surface area contributed by atoms with E-state index in [9.17, 15) is 9.59 Å². The third-order valence-corrected chi connectivity index (χ3v) is 4.92. The number of isocyanates is 2. The van der Waals surface area contributed by atoms with Gasteiger partial charge in [-0.15, -0.1) is 20.6 Å². The van der Waals surface area contributed by atoms with Crippen LogP contribution in [0.25, 0.3) is 0 Å².